The summed E-state index contributed by atoms with van der Waals surface area (Å²) >= 11 is 0. The summed E-state index contributed by atoms with van der Waals surface area (Å²) in [6.07, 6.45) is 0.656. The molecule has 7 nitrogen and oxygen atoms in total. The van der Waals surface area contributed by atoms with Crippen molar-refractivity contribution in [3.05, 3.63) is 33.9 Å². The summed E-state index contributed by atoms with van der Waals surface area (Å²) in [5.41, 5.74) is 0.219. The van der Waals surface area contributed by atoms with E-state index in [0.29, 0.717) is 18.7 Å². The summed E-state index contributed by atoms with van der Waals surface area (Å²) in [6.45, 7) is 0.662. The number of amides is 1. The predicted molar refractivity (Wildman–Crippen MR) is 67.5 cm³/mol. The zero-order valence-electron chi connectivity index (χ0n) is 10.3. The highest BCUT2D eigenvalue weighted by Gasteiger charge is 2.29. The number of likely N-dealkylation sites (N-methyl/N-ethyl adjacent to an activating group) is 1. The third-order valence-electron chi connectivity index (χ3n) is 3.08. The summed E-state index contributed by atoms with van der Waals surface area (Å²) in [4.78, 5) is 23.6. The fourth-order valence-electron chi connectivity index (χ4n) is 2.02. The van der Waals surface area contributed by atoms with Gasteiger partial charge in [0.15, 0.2) is 0 Å². The molecule has 1 saturated heterocycles. The van der Waals surface area contributed by atoms with E-state index in [1.165, 1.54) is 12.1 Å². The maximum atomic E-state index is 11.7. The van der Waals surface area contributed by atoms with Gasteiger partial charge in [0.2, 0.25) is 5.91 Å². The molecule has 1 aliphatic heterocycles. The SMILES string of the molecule is CN1CCC(Nc2ccc(C#N)c([N+](=O)[O-])c2)C1=O. The second kappa shape index (κ2) is 4.94. The molecule has 1 unspecified atom stereocenters. The first-order valence-corrected chi connectivity index (χ1v) is 5.73. The number of hydrogen-bond donors (Lipinski definition) is 1. The highest BCUT2D eigenvalue weighted by molar-refractivity contribution is 5.86. The molecule has 0 bridgehead atoms. The smallest absolute Gasteiger partial charge is 0.289 e. The molecule has 1 aromatic carbocycles. The average Bonchev–Trinajstić information content (AvgIpc) is 2.70. The van der Waals surface area contributed by atoms with E-state index in [1.54, 1.807) is 24.1 Å². The van der Waals surface area contributed by atoms with E-state index >= 15 is 0 Å². The number of nitrogens with one attached hydrogen (secondary N) is 1. The Morgan fingerprint density at radius 2 is 2.32 bits per heavy atom. The molecule has 7 heteroatoms. The van der Waals surface area contributed by atoms with Crippen molar-refractivity contribution in [1.29, 1.82) is 5.26 Å². The van der Waals surface area contributed by atoms with Gasteiger partial charge in [-0.3, -0.25) is 14.9 Å². The van der Waals surface area contributed by atoms with Crippen molar-refractivity contribution in [2.24, 2.45) is 0 Å². The van der Waals surface area contributed by atoms with Crippen molar-refractivity contribution >= 4 is 17.3 Å². The summed E-state index contributed by atoms with van der Waals surface area (Å²) in [7, 11) is 1.71. The molecule has 0 spiro atoms. The number of hydrogen-bond acceptors (Lipinski definition) is 5. The molecule has 1 amide bonds. The fourth-order valence-corrected chi connectivity index (χ4v) is 2.02. The van der Waals surface area contributed by atoms with Gasteiger partial charge >= 0.3 is 0 Å². The molecule has 1 atom stereocenters. The molecule has 19 heavy (non-hydrogen) atoms. The van der Waals surface area contributed by atoms with Gasteiger partial charge in [-0.25, -0.2) is 0 Å². The van der Waals surface area contributed by atoms with Gasteiger partial charge in [-0.15, -0.1) is 0 Å². The quantitative estimate of drug-likeness (QED) is 0.648. The van der Waals surface area contributed by atoms with Gasteiger partial charge in [-0.05, 0) is 18.6 Å². The molecule has 0 radical (unpaired) electrons. The maximum Gasteiger partial charge on any atom is 0.289 e. The molecule has 1 aliphatic rings. The molecule has 98 valence electrons. The van der Waals surface area contributed by atoms with Crippen LogP contribution in [0, 0.1) is 21.4 Å². The van der Waals surface area contributed by atoms with Crippen LogP contribution in [0.5, 0.6) is 0 Å². The van der Waals surface area contributed by atoms with Crippen LogP contribution in [0.2, 0.25) is 0 Å². The van der Waals surface area contributed by atoms with E-state index in [0.717, 1.165) is 0 Å². The van der Waals surface area contributed by atoms with Crippen molar-refractivity contribution in [2.45, 2.75) is 12.5 Å². The van der Waals surface area contributed by atoms with Gasteiger partial charge in [0.1, 0.15) is 17.7 Å². The molecular formula is C12H12N4O3. The lowest BCUT2D eigenvalue weighted by atomic mass is 10.1. The van der Waals surface area contributed by atoms with Crippen LogP contribution in [0.4, 0.5) is 11.4 Å². The second-order valence-corrected chi connectivity index (χ2v) is 4.35. The summed E-state index contributed by atoms with van der Waals surface area (Å²) in [5, 5.41) is 22.6. The van der Waals surface area contributed by atoms with Crippen molar-refractivity contribution < 1.29 is 9.72 Å². The molecule has 2 rings (SSSR count). The molecular weight excluding hydrogens is 248 g/mol. The zero-order valence-corrected chi connectivity index (χ0v) is 10.3. The number of anilines is 1. The van der Waals surface area contributed by atoms with E-state index in [4.69, 9.17) is 5.26 Å². The number of benzene rings is 1. The predicted octanol–water partition coefficient (Wildman–Crippen LogP) is 1.11. The lowest BCUT2D eigenvalue weighted by Crippen LogP contribution is -2.30. The Bertz CT molecular complexity index is 579. The largest absolute Gasteiger partial charge is 0.373 e. The monoisotopic (exact) mass is 260 g/mol. The van der Waals surface area contributed by atoms with Crippen LogP contribution in [0.15, 0.2) is 18.2 Å². The summed E-state index contributed by atoms with van der Waals surface area (Å²) < 4.78 is 0. The molecule has 1 fully saturated rings. The Morgan fingerprint density at radius 3 is 2.84 bits per heavy atom. The van der Waals surface area contributed by atoms with Crippen LogP contribution in [0.1, 0.15) is 12.0 Å². The Labute approximate surface area is 109 Å². The lowest BCUT2D eigenvalue weighted by molar-refractivity contribution is -0.385. The number of nitro groups is 1. The Kier molecular flexibility index (Phi) is 3.33. The first-order valence-electron chi connectivity index (χ1n) is 5.73. The van der Waals surface area contributed by atoms with Crippen LogP contribution in [-0.4, -0.2) is 35.4 Å². The number of rotatable bonds is 3. The molecule has 0 aromatic heterocycles. The van der Waals surface area contributed by atoms with E-state index in [9.17, 15) is 14.9 Å². The molecule has 1 aromatic rings. The van der Waals surface area contributed by atoms with Crippen LogP contribution in [0.25, 0.3) is 0 Å². The summed E-state index contributed by atoms with van der Waals surface area (Å²) in [6, 6.07) is 5.63. The highest BCUT2D eigenvalue weighted by atomic mass is 16.6. The number of nitriles is 1. The van der Waals surface area contributed by atoms with Crippen LogP contribution in [0.3, 0.4) is 0 Å². The van der Waals surface area contributed by atoms with Crippen molar-refractivity contribution in [3.63, 3.8) is 0 Å². The number of carbonyl (C=O) groups is 1. The third kappa shape index (κ3) is 2.47. The van der Waals surface area contributed by atoms with E-state index in [2.05, 4.69) is 5.32 Å². The van der Waals surface area contributed by atoms with E-state index in [-0.39, 0.29) is 23.2 Å². The Balaban J connectivity index is 2.23. The molecule has 1 heterocycles. The van der Waals surface area contributed by atoms with E-state index in [1.807, 2.05) is 0 Å². The number of nitrogens with zero attached hydrogens (tertiary/aromatic N) is 3. The minimum absolute atomic E-state index is 0.00502. The number of carbonyl (C=O) groups excluding carboxylic acids is 1. The first kappa shape index (κ1) is 12.8. The Hall–Kier alpha value is -2.62. The van der Waals surface area contributed by atoms with Crippen molar-refractivity contribution in [1.82, 2.24) is 4.90 Å². The normalized spacial score (nSPS) is 18.2. The summed E-state index contributed by atoms with van der Waals surface area (Å²) in [5.74, 6) is -0.0352. The zero-order chi connectivity index (χ0) is 14.0. The average molecular weight is 260 g/mol. The topological polar surface area (TPSA) is 99.3 Å². The minimum Gasteiger partial charge on any atom is -0.373 e. The van der Waals surface area contributed by atoms with E-state index < -0.39 is 4.92 Å². The number of nitro benzene ring substituents is 1. The van der Waals surface area contributed by atoms with Gasteiger partial charge in [-0.2, -0.15) is 5.26 Å². The second-order valence-electron chi connectivity index (χ2n) is 4.35. The molecule has 1 N–H and O–H groups in total. The fraction of sp³-hybridized carbons (Fsp3) is 0.333. The van der Waals surface area contributed by atoms with Gasteiger partial charge < -0.3 is 10.2 Å². The Morgan fingerprint density at radius 1 is 1.58 bits per heavy atom. The molecule has 0 aliphatic carbocycles. The van der Waals surface area contributed by atoms with Crippen molar-refractivity contribution in [3.8, 4) is 6.07 Å². The van der Waals surface area contributed by atoms with Crippen LogP contribution < -0.4 is 5.32 Å². The van der Waals surface area contributed by atoms with Crippen LogP contribution in [-0.2, 0) is 4.79 Å². The number of likely N-dealkylation sites (tertiary alicyclic amines) is 1. The first-order chi connectivity index (χ1) is 9.02. The minimum atomic E-state index is -0.605. The maximum absolute atomic E-state index is 11.7. The standard InChI is InChI=1S/C12H12N4O3/c1-15-5-4-10(12(15)17)14-9-3-2-8(7-13)11(6-9)16(18)19/h2-3,6,10,14H,4-5H2,1H3. The highest BCUT2D eigenvalue weighted by Crippen LogP contribution is 2.24. The molecule has 0 saturated carbocycles. The third-order valence-corrected chi connectivity index (χ3v) is 3.08. The lowest BCUT2D eigenvalue weighted by Gasteiger charge is -2.13. The van der Waals surface area contributed by atoms with Gasteiger partial charge in [0.05, 0.1) is 4.92 Å². The van der Waals surface area contributed by atoms with Gasteiger partial charge in [0.25, 0.3) is 5.69 Å². The van der Waals surface area contributed by atoms with Crippen LogP contribution >= 0.6 is 0 Å². The van der Waals surface area contributed by atoms with Gasteiger partial charge in [0, 0.05) is 25.3 Å². The van der Waals surface area contributed by atoms with Crippen molar-refractivity contribution in [2.75, 3.05) is 18.9 Å². The van der Waals surface area contributed by atoms with Gasteiger partial charge in [-0.1, -0.05) is 0 Å².